The second-order valence-electron chi connectivity index (χ2n) is 2.64. The molecular weight excluding hydrogens is 199 g/mol. The Morgan fingerprint density at radius 1 is 1.25 bits per heavy atom. The number of rotatable bonds is 5. The molecule has 0 heterocycles. The van der Waals surface area contributed by atoms with Crippen molar-refractivity contribution < 1.29 is 5.11 Å². The average molecular weight is 219 g/mol. The van der Waals surface area contributed by atoms with Crippen LogP contribution >= 0.6 is 24.8 Å². The summed E-state index contributed by atoms with van der Waals surface area (Å²) in [6.07, 6.45) is 0. The molecule has 0 saturated carbocycles. The Morgan fingerprint density at radius 3 is 2.00 bits per heavy atom. The lowest BCUT2D eigenvalue weighted by Gasteiger charge is -2.24. The maximum Gasteiger partial charge on any atom is 0.0558 e. The molecule has 0 saturated heterocycles. The second kappa shape index (κ2) is 11.5. The molecular formula is C7H20Cl2N2O. The Balaban J connectivity index is -0.000000405. The van der Waals surface area contributed by atoms with E-state index in [1.54, 1.807) is 0 Å². The normalized spacial score (nSPS) is 9.50. The summed E-state index contributed by atoms with van der Waals surface area (Å²) < 4.78 is 0. The minimum atomic E-state index is 0. The monoisotopic (exact) mass is 218 g/mol. The summed E-state index contributed by atoms with van der Waals surface area (Å²) in [5.41, 5.74) is 5.37. The SMILES string of the molecule is CC(C)N(CCN)CCO.Cl.Cl. The van der Waals surface area contributed by atoms with Crippen LogP contribution in [0.1, 0.15) is 13.8 Å². The van der Waals surface area contributed by atoms with Crippen LogP contribution in [0, 0.1) is 0 Å². The van der Waals surface area contributed by atoms with E-state index in [-0.39, 0.29) is 31.4 Å². The number of halogens is 2. The van der Waals surface area contributed by atoms with E-state index in [0.717, 1.165) is 13.1 Å². The number of hydrogen-bond acceptors (Lipinski definition) is 3. The fraction of sp³-hybridized carbons (Fsp3) is 1.00. The van der Waals surface area contributed by atoms with Crippen LogP contribution in [-0.2, 0) is 0 Å². The molecule has 0 aliphatic carbocycles. The number of nitrogens with zero attached hydrogens (tertiary/aromatic N) is 1. The summed E-state index contributed by atoms with van der Waals surface area (Å²) in [6.45, 7) is 6.69. The fourth-order valence-electron chi connectivity index (χ4n) is 0.922. The highest BCUT2D eigenvalue weighted by atomic mass is 35.5. The molecule has 0 aromatic carbocycles. The van der Waals surface area contributed by atoms with Gasteiger partial charge in [0, 0.05) is 25.7 Å². The van der Waals surface area contributed by atoms with Gasteiger partial charge in [0.25, 0.3) is 0 Å². The predicted molar refractivity (Wildman–Crippen MR) is 57.3 cm³/mol. The topological polar surface area (TPSA) is 49.5 Å². The smallest absolute Gasteiger partial charge is 0.0558 e. The van der Waals surface area contributed by atoms with Gasteiger partial charge in [-0.05, 0) is 13.8 Å². The van der Waals surface area contributed by atoms with E-state index in [0.29, 0.717) is 12.6 Å². The van der Waals surface area contributed by atoms with Gasteiger partial charge in [0.2, 0.25) is 0 Å². The van der Waals surface area contributed by atoms with Crippen molar-refractivity contribution in [2.75, 3.05) is 26.2 Å². The molecule has 3 N–H and O–H groups in total. The van der Waals surface area contributed by atoms with E-state index >= 15 is 0 Å². The van der Waals surface area contributed by atoms with Crippen LogP contribution in [0.5, 0.6) is 0 Å². The molecule has 3 nitrogen and oxygen atoms in total. The molecule has 0 amide bonds. The molecule has 5 heteroatoms. The highest BCUT2D eigenvalue weighted by molar-refractivity contribution is 5.85. The van der Waals surface area contributed by atoms with Crippen molar-refractivity contribution in [2.24, 2.45) is 5.73 Å². The quantitative estimate of drug-likeness (QED) is 0.707. The zero-order valence-corrected chi connectivity index (χ0v) is 9.33. The second-order valence-corrected chi connectivity index (χ2v) is 2.64. The molecule has 0 aliphatic rings. The number of hydrogen-bond donors (Lipinski definition) is 2. The van der Waals surface area contributed by atoms with Gasteiger partial charge in [-0.3, -0.25) is 4.90 Å². The van der Waals surface area contributed by atoms with E-state index in [9.17, 15) is 0 Å². The van der Waals surface area contributed by atoms with E-state index in [1.165, 1.54) is 0 Å². The van der Waals surface area contributed by atoms with Crippen LogP contribution in [0.4, 0.5) is 0 Å². The van der Waals surface area contributed by atoms with Crippen molar-refractivity contribution in [3.8, 4) is 0 Å². The highest BCUT2D eigenvalue weighted by Gasteiger charge is 2.05. The molecule has 0 spiro atoms. The van der Waals surface area contributed by atoms with E-state index in [1.807, 2.05) is 0 Å². The third kappa shape index (κ3) is 8.56. The Bertz CT molecular complexity index is 77.8. The van der Waals surface area contributed by atoms with Crippen LogP contribution in [0.15, 0.2) is 0 Å². The molecule has 0 atom stereocenters. The first-order valence-corrected chi connectivity index (χ1v) is 3.77. The van der Waals surface area contributed by atoms with Crippen molar-refractivity contribution in [1.29, 1.82) is 0 Å². The number of nitrogens with two attached hydrogens (primary N) is 1. The van der Waals surface area contributed by atoms with Gasteiger partial charge >= 0.3 is 0 Å². The summed E-state index contributed by atoms with van der Waals surface area (Å²) in [7, 11) is 0. The van der Waals surface area contributed by atoms with Gasteiger partial charge in [-0.15, -0.1) is 24.8 Å². The van der Waals surface area contributed by atoms with Gasteiger partial charge in [-0.1, -0.05) is 0 Å². The third-order valence-corrected chi connectivity index (χ3v) is 1.53. The highest BCUT2D eigenvalue weighted by Crippen LogP contribution is 1.94. The Kier molecular flexibility index (Phi) is 17.5. The lowest BCUT2D eigenvalue weighted by molar-refractivity contribution is 0.170. The first-order chi connectivity index (χ1) is 4.72. The maximum atomic E-state index is 8.63. The van der Waals surface area contributed by atoms with Gasteiger partial charge in [-0.25, -0.2) is 0 Å². The Hall–Kier alpha value is 0.460. The molecule has 0 bridgehead atoms. The van der Waals surface area contributed by atoms with Crippen LogP contribution in [0.2, 0.25) is 0 Å². The Labute approximate surface area is 87.1 Å². The van der Waals surface area contributed by atoms with Crippen LogP contribution in [-0.4, -0.2) is 42.3 Å². The van der Waals surface area contributed by atoms with Crippen molar-refractivity contribution >= 4 is 24.8 Å². The molecule has 0 fully saturated rings. The van der Waals surface area contributed by atoms with Crippen molar-refractivity contribution in [2.45, 2.75) is 19.9 Å². The largest absolute Gasteiger partial charge is 0.395 e. The van der Waals surface area contributed by atoms with Crippen LogP contribution < -0.4 is 5.73 Å². The average Bonchev–Trinajstić information content (AvgIpc) is 1.87. The van der Waals surface area contributed by atoms with Gasteiger partial charge < -0.3 is 10.8 Å². The zero-order chi connectivity index (χ0) is 7.98. The number of aliphatic hydroxyl groups is 1. The van der Waals surface area contributed by atoms with Gasteiger partial charge in [0.15, 0.2) is 0 Å². The third-order valence-electron chi connectivity index (χ3n) is 1.53. The summed E-state index contributed by atoms with van der Waals surface area (Å²) in [5.74, 6) is 0. The molecule has 0 aliphatic heterocycles. The molecule has 0 unspecified atom stereocenters. The zero-order valence-electron chi connectivity index (χ0n) is 7.69. The van der Waals surface area contributed by atoms with Crippen molar-refractivity contribution in [3.05, 3.63) is 0 Å². The summed E-state index contributed by atoms with van der Waals surface area (Å²) >= 11 is 0. The van der Waals surface area contributed by atoms with E-state index in [2.05, 4.69) is 18.7 Å². The summed E-state index contributed by atoms with van der Waals surface area (Å²) in [4.78, 5) is 2.15. The molecule has 12 heavy (non-hydrogen) atoms. The van der Waals surface area contributed by atoms with Crippen LogP contribution in [0.25, 0.3) is 0 Å². The molecule has 0 radical (unpaired) electrons. The Morgan fingerprint density at radius 2 is 1.75 bits per heavy atom. The van der Waals surface area contributed by atoms with Crippen LogP contribution in [0.3, 0.4) is 0 Å². The standard InChI is InChI=1S/C7H18N2O.2ClH/c1-7(2)9(4-3-8)5-6-10;;/h7,10H,3-6,8H2,1-2H3;2*1H. The van der Waals surface area contributed by atoms with Gasteiger partial charge in [0.05, 0.1) is 6.61 Å². The summed E-state index contributed by atoms with van der Waals surface area (Å²) in [5, 5.41) is 8.63. The minimum absolute atomic E-state index is 0. The lowest BCUT2D eigenvalue weighted by atomic mass is 10.3. The fourth-order valence-corrected chi connectivity index (χ4v) is 0.922. The molecule has 0 aromatic rings. The van der Waals surface area contributed by atoms with Gasteiger partial charge in [0.1, 0.15) is 0 Å². The molecule has 78 valence electrons. The first kappa shape index (κ1) is 18.3. The minimum Gasteiger partial charge on any atom is -0.395 e. The van der Waals surface area contributed by atoms with E-state index in [4.69, 9.17) is 10.8 Å². The number of aliphatic hydroxyl groups excluding tert-OH is 1. The molecule has 0 rings (SSSR count). The first-order valence-electron chi connectivity index (χ1n) is 3.77. The van der Waals surface area contributed by atoms with Crippen molar-refractivity contribution in [1.82, 2.24) is 4.90 Å². The van der Waals surface area contributed by atoms with Gasteiger partial charge in [-0.2, -0.15) is 0 Å². The molecule has 0 aromatic heterocycles. The maximum absolute atomic E-state index is 8.63. The summed E-state index contributed by atoms with van der Waals surface area (Å²) in [6, 6.07) is 0.482. The van der Waals surface area contributed by atoms with Crippen molar-refractivity contribution in [3.63, 3.8) is 0 Å². The lowest BCUT2D eigenvalue weighted by Crippen LogP contribution is -2.37. The predicted octanol–water partition coefficient (Wildman–Crippen LogP) is 0.491. The van der Waals surface area contributed by atoms with E-state index < -0.39 is 0 Å².